The van der Waals surface area contributed by atoms with Crippen molar-refractivity contribution < 1.29 is 18.3 Å². The number of sulfone groups is 1. The lowest BCUT2D eigenvalue weighted by Crippen LogP contribution is -2.25. The molecule has 1 N–H and O–H groups in total. The lowest BCUT2D eigenvalue weighted by atomic mass is 10.1. The van der Waals surface area contributed by atoms with Gasteiger partial charge in [0.25, 0.3) is 0 Å². The van der Waals surface area contributed by atoms with Crippen molar-refractivity contribution in [3.8, 4) is 0 Å². The van der Waals surface area contributed by atoms with E-state index in [0.29, 0.717) is 11.3 Å². The van der Waals surface area contributed by atoms with E-state index >= 15 is 0 Å². The Bertz CT molecular complexity index is 645. The van der Waals surface area contributed by atoms with Gasteiger partial charge in [0.05, 0.1) is 10.6 Å². The second-order valence-corrected chi connectivity index (χ2v) is 10.5. The second kappa shape index (κ2) is 12.6. The van der Waals surface area contributed by atoms with Crippen LogP contribution in [0.3, 0.4) is 0 Å². The molecule has 0 heterocycles. The van der Waals surface area contributed by atoms with Crippen LogP contribution in [0.5, 0.6) is 0 Å². The molecular formula is C20H30Cl2O4S. The van der Waals surface area contributed by atoms with Crippen LogP contribution in [-0.4, -0.2) is 29.6 Å². The molecule has 0 aliphatic heterocycles. The van der Waals surface area contributed by atoms with Crippen LogP contribution < -0.4 is 0 Å². The molecule has 1 aromatic carbocycles. The summed E-state index contributed by atoms with van der Waals surface area (Å²) >= 11 is 11.4. The Morgan fingerprint density at radius 2 is 1.26 bits per heavy atom. The average molecular weight is 437 g/mol. The van der Waals surface area contributed by atoms with Gasteiger partial charge in [0.15, 0.2) is 9.84 Å². The number of carbonyl (C=O) groups is 1. The smallest absolute Gasteiger partial charge is 0.340 e. The molecule has 0 aliphatic carbocycles. The van der Waals surface area contributed by atoms with E-state index in [2.05, 4.69) is 0 Å². The SMILES string of the molecule is O=C(O)C(Cl)(Cl)CCCCCCCCCCCCS(=O)(=O)c1ccccc1. The van der Waals surface area contributed by atoms with E-state index in [1.165, 1.54) is 0 Å². The summed E-state index contributed by atoms with van der Waals surface area (Å²) in [5, 5.41) is 8.81. The van der Waals surface area contributed by atoms with E-state index < -0.39 is 20.1 Å². The molecule has 1 aromatic rings. The summed E-state index contributed by atoms with van der Waals surface area (Å²) in [6.45, 7) is 0. The number of carboxylic acid groups (broad SMARTS) is 1. The molecule has 4 nitrogen and oxygen atoms in total. The minimum absolute atomic E-state index is 0.218. The number of hydrogen-bond donors (Lipinski definition) is 1. The van der Waals surface area contributed by atoms with Gasteiger partial charge in [-0.3, -0.25) is 0 Å². The second-order valence-electron chi connectivity index (χ2n) is 6.93. The summed E-state index contributed by atoms with van der Waals surface area (Å²) in [5.74, 6) is -0.960. The van der Waals surface area contributed by atoms with Crippen LogP contribution in [0.1, 0.15) is 70.6 Å². The predicted molar refractivity (Wildman–Crippen MR) is 111 cm³/mol. The standard InChI is InChI=1S/C20H30Cl2O4S/c21-20(22,19(23)24)16-12-7-5-3-1-2-4-6-8-13-17-27(25,26)18-14-10-9-11-15-18/h9-11,14-15H,1-8,12-13,16-17H2,(H,23,24). The summed E-state index contributed by atoms with van der Waals surface area (Å²) < 4.78 is 22.6. The minimum atomic E-state index is -3.14. The Hall–Kier alpha value is -0.780. The molecule has 27 heavy (non-hydrogen) atoms. The van der Waals surface area contributed by atoms with Crippen molar-refractivity contribution >= 4 is 39.0 Å². The Kier molecular flexibility index (Phi) is 11.4. The molecule has 1 rings (SSSR count). The Balaban J connectivity index is 1.96. The highest BCUT2D eigenvalue weighted by molar-refractivity contribution is 7.91. The quantitative estimate of drug-likeness (QED) is 0.269. The van der Waals surface area contributed by atoms with Crippen molar-refractivity contribution in [1.82, 2.24) is 0 Å². The third kappa shape index (κ3) is 10.4. The van der Waals surface area contributed by atoms with Gasteiger partial charge >= 0.3 is 5.97 Å². The summed E-state index contributed by atoms with van der Waals surface area (Å²) in [7, 11) is -3.14. The van der Waals surface area contributed by atoms with Gasteiger partial charge in [0.1, 0.15) is 0 Å². The first-order valence-electron chi connectivity index (χ1n) is 9.65. The monoisotopic (exact) mass is 436 g/mol. The van der Waals surface area contributed by atoms with Gasteiger partial charge in [-0.25, -0.2) is 13.2 Å². The van der Waals surface area contributed by atoms with Crippen LogP contribution in [0, 0.1) is 0 Å². The first-order valence-corrected chi connectivity index (χ1v) is 12.1. The third-order valence-electron chi connectivity index (χ3n) is 4.57. The topological polar surface area (TPSA) is 71.4 Å². The van der Waals surface area contributed by atoms with E-state index in [-0.39, 0.29) is 12.2 Å². The lowest BCUT2D eigenvalue weighted by Gasteiger charge is -2.13. The van der Waals surface area contributed by atoms with Gasteiger partial charge in [-0.05, 0) is 31.4 Å². The molecule has 0 aliphatic rings. The van der Waals surface area contributed by atoms with Crippen LogP contribution >= 0.6 is 23.2 Å². The van der Waals surface area contributed by atoms with Gasteiger partial charge in [0.2, 0.25) is 4.33 Å². The number of rotatable bonds is 15. The molecule has 0 spiro atoms. The molecule has 7 heteroatoms. The average Bonchev–Trinajstić information content (AvgIpc) is 2.63. The number of carboxylic acids is 1. The summed E-state index contributed by atoms with van der Waals surface area (Å²) in [6, 6.07) is 8.62. The molecule has 0 atom stereocenters. The fourth-order valence-corrected chi connectivity index (χ4v) is 4.56. The van der Waals surface area contributed by atoms with Crippen LogP contribution in [-0.2, 0) is 14.6 Å². The largest absolute Gasteiger partial charge is 0.479 e. The number of halogens is 2. The van der Waals surface area contributed by atoms with E-state index in [0.717, 1.165) is 57.8 Å². The van der Waals surface area contributed by atoms with Crippen molar-refractivity contribution in [3.05, 3.63) is 30.3 Å². The van der Waals surface area contributed by atoms with Crippen molar-refractivity contribution in [3.63, 3.8) is 0 Å². The highest BCUT2D eigenvalue weighted by atomic mass is 35.5. The van der Waals surface area contributed by atoms with E-state index in [1.807, 2.05) is 6.07 Å². The Labute approximate surface area is 173 Å². The van der Waals surface area contributed by atoms with Gasteiger partial charge in [-0.15, -0.1) is 0 Å². The van der Waals surface area contributed by atoms with E-state index in [9.17, 15) is 13.2 Å². The summed E-state index contributed by atoms with van der Waals surface area (Å²) in [4.78, 5) is 11.2. The van der Waals surface area contributed by atoms with Gasteiger partial charge in [-0.1, -0.05) is 92.8 Å². The molecule has 0 saturated carbocycles. The summed E-state index contributed by atoms with van der Waals surface area (Å²) in [6.07, 6.45) is 10.2. The maximum Gasteiger partial charge on any atom is 0.340 e. The maximum absolute atomic E-state index is 12.1. The van der Waals surface area contributed by atoms with Crippen molar-refractivity contribution in [2.75, 3.05) is 5.75 Å². The number of hydrogen-bond acceptors (Lipinski definition) is 3. The van der Waals surface area contributed by atoms with Crippen molar-refractivity contribution in [1.29, 1.82) is 0 Å². The predicted octanol–water partition coefficient (Wildman–Crippen LogP) is 6.01. The zero-order valence-corrected chi connectivity index (χ0v) is 18.0. The molecular weight excluding hydrogens is 407 g/mol. The Morgan fingerprint density at radius 3 is 1.74 bits per heavy atom. The molecule has 0 fully saturated rings. The molecule has 0 radical (unpaired) electrons. The van der Waals surface area contributed by atoms with E-state index in [4.69, 9.17) is 28.3 Å². The van der Waals surface area contributed by atoms with Crippen molar-refractivity contribution in [2.24, 2.45) is 0 Å². The first kappa shape index (κ1) is 24.3. The van der Waals surface area contributed by atoms with Gasteiger partial charge < -0.3 is 5.11 Å². The number of aliphatic carboxylic acids is 1. The maximum atomic E-state index is 12.1. The van der Waals surface area contributed by atoms with Crippen LogP contribution in [0.25, 0.3) is 0 Å². The molecule has 154 valence electrons. The van der Waals surface area contributed by atoms with E-state index in [1.54, 1.807) is 24.3 Å². The molecule has 0 saturated heterocycles. The van der Waals surface area contributed by atoms with Crippen LogP contribution in [0.2, 0.25) is 0 Å². The fraction of sp³-hybridized carbons (Fsp3) is 0.650. The minimum Gasteiger partial charge on any atom is -0.479 e. The molecule has 0 amide bonds. The lowest BCUT2D eigenvalue weighted by molar-refractivity contribution is -0.138. The number of alkyl halides is 2. The fourth-order valence-electron chi connectivity index (χ4n) is 2.91. The Morgan fingerprint density at radius 1 is 0.815 bits per heavy atom. The van der Waals surface area contributed by atoms with Crippen molar-refractivity contribution in [2.45, 2.75) is 79.9 Å². The van der Waals surface area contributed by atoms with Crippen LogP contribution in [0.4, 0.5) is 0 Å². The van der Waals surface area contributed by atoms with Crippen LogP contribution in [0.15, 0.2) is 35.2 Å². The molecule has 0 aromatic heterocycles. The highest BCUT2D eigenvalue weighted by Crippen LogP contribution is 2.28. The third-order valence-corrected chi connectivity index (χ3v) is 7.09. The summed E-state index contributed by atoms with van der Waals surface area (Å²) in [5.41, 5.74) is 0. The zero-order valence-electron chi connectivity index (χ0n) is 15.7. The van der Waals surface area contributed by atoms with Gasteiger partial charge in [-0.2, -0.15) is 0 Å². The number of unbranched alkanes of at least 4 members (excludes halogenated alkanes) is 9. The van der Waals surface area contributed by atoms with Gasteiger partial charge in [0, 0.05) is 0 Å². The first-order chi connectivity index (χ1) is 12.8. The normalized spacial score (nSPS) is 12.2. The highest BCUT2D eigenvalue weighted by Gasteiger charge is 2.32. The molecule has 0 bridgehead atoms. The molecule has 0 unspecified atom stereocenters. The zero-order chi connectivity index (χ0) is 20.2. The number of benzene rings is 1.